The minimum absolute atomic E-state index is 0.258. The van der Waals surface area contributed by atoms with E-state index in [0.29, 0.717) is 6.42 Å². The number of aliphatic hydroxyl groups excluding tert-OH is 1. The van der Waals surface area contributed by atoms with Crippen molar-refractivity contribution in [2.45, 2.75) is 39.3 Å². The van der Waals surface area contributed by atoms with E-state index in [0.717, 1.165) is 30.1 Å². The zero-order chi connectivity index (χ0) is 11.3. The van der Waals surface area contributed by atoms with Gasteiger partial charge >= 0.3 is 0 Å². The molecule has 0 fully saturated rings. The van der Waals surface area contributed by atoms with Crippen LogP contribution in [0, 0.1) is 0 Å². The Labute approximate surface area is 95.9 Å². The van der Waals surface area contributed by atoms with Gasteiger partial charge in [0.15, 0.2) is 0 Å². The molecule has 0 radical (unpaired) electrons. The Bertz CT molecular complexity index is 299. The maximum absolute atomic E-state index is 9.74. The van der Waals surface area contributed by atoms with Crippen molar-refractivity contribution < 1.29 is 5.11 Å². The molecule has 1 aromatic heterocycles. The summed E-state index contributed by atoms with van der Waals surface area (Å²) in [6.07, 6.45) is 3.42. The number of aromatic nitrogens is 2. The van der Waals surface area contributed by atoms with Crippen LogP contribution in [0.15, 0.2) is 6.07 Å². The highest BCUT2D eigenvalue weighted by molar-refractivity contribution is 7.98. The zero-order valence-electron chi connectivity index (χ0n) is 9.73. The van der Waals surface area contributed by atoms with Gasteiger partial charge < -0.3 is 5.11 Å². The predicted octanol–water partition coefficient (Wildman–Crippen LogP) is 1.73. The van der Waals surface area contributed by atoms with Gasteiger partial charge in [-0.1, -0.05) is 6.92 Å². The molecule has 86 valence electrons. The summed E-state index contributed by atoms with van der Waals surface area (Å²) in [5.41, 5.74) is 2.26. The van der Waals surface area contributed by atoms with Gasteiger partial charge in [0.05, 0.1) is 11.8 Å². The van der Waals surface area contributed by atoms with E-state index in [1.165, 1.54) is 0 Å². The van der Waals surface area contributed by atoms with E-state index < -0.39 is 0 Å². The highest BCUT2D eigenvalue weighted by Crippen LogP contribution is 2.10. The molecule has 0 aromatic carbocycles. The summed E-state index contributed by atoms with van der Waals surface area (Å²) in [7, 11) is 0. The molecule has 1 unspecified atom stereocenters. The zero-order valence-corrected chi connectivity index (χ0v) is 10.5. The molecule has 4 heteroatoms. The van der Waals surface area contributed by atoms with Crippen LogP contribution in [0.3, 0.4) is 0 Å². The molecule has 1 aromatic rings. The number of aliphatic hydroxyl groups is 1. The molecule has 0 amide bonds. The van der Waals surface area contributed by atoms with Gasteiger partial charge in [0.2, 0.25) is 0 Å². The molecule has 15 heavy (non-hydrogen) atoms. The van der Waals surface area contributed by atoms with Gasteiger partial charge in [-0.15, -0.1) is 0 Å². The highest BCUT2D eigenvalue weighted by Gasteiger charge is 2.10. The molecule has 0 saturated heterocycles. The van der Waals surface area contributed by atoms with Crippen molar-refractivity contribution >= 4 is 11.8 Å². The molecule has 0 aliphatic heterocycles. The minimum atomic E-state index is -0.258. The SMILES string of the molecule is CCc1cc(CC(O)CSC)n(CC)n1. The lowest BCUT2D eigenvalue weighted by Crippen LogP contribution is -2.16. The maximum Gasteiger partial charge on any atom is 0.0685 e. The average molecular weight is 228 g/mol. The second-order valence-electron chi connectivity index (χ2n) is 3.61. The van der Waals surface area contributed by atoms with Crippen LogP contribution >= 0.6 is 11.8 Å². The number of thioether (sulfide) groups is 1. The lowest BCUT2D eigenvalue weighted by molar-refractivity contribution is 0.197. The van der Waals surface area contributed by atoms with Crippen molar-refractivity contribution in [2.75, 3.05) is 12.0 Å². The van der Waals surface area contributed by atoms with E-state index in [9.17, 15) is 5.11 Å². The first-order chi connectivity index (χ1) is 7.21. The lowest BCUT2D eigenvalue weighted by atomic mass is 10.2. The van der Waals surface area contributed by atoms with Crippen molar-refractivity contribution in [1.82, 2.24) is 9.78 Å². The number of hydrogen-bond donors (Lipinski definition) is 1. The quantitative estimate of drug-likeness (QED) is 0.806. The van der Waals surface area contributed by atoms with E-state index in [-0.39, 0.29) is 6.10 Å². The number of nitrogens with zero attached hydrogens (tertiary/aromatic N) is 2. The van der Waals surface area contributed by atoms with Gasteiger partial charge in [0.1, 0.15) is 0 Å². The first-order valence-electron chi connectivity index (χ1n) is 5.43. The normalized spacial score (nSPS) is 13.1. The molecule has 1 N–H and O–H groups in total. The van der Waals surface area contributed by atoms with Crippen LogP contribution in [-0.2, 0) is 19.4 Å². The Kier molecular flexibility index (Phi) is 5.19. The lowest BCUT2D eigenvalue weighted by Gasteiger charge is -2.09. The maximum atomic E-state index is 9.74. The fraction of sp³-hybridized carbons (Fsp3) is 0.727. The number of hydrogen-bond acceptors (Lipinski definition) is 3. The smallest absolute Gasteiger partial charge is 0.0685 e. The fourth-order valence-electron chi connectivity index (χ4n) is 1.62. The number of rotatable bonds is 6. The van der Waals surface area contributed by atoms with E-state index in [2.05, 4.69) is 25.0 Å². The summed E-state index contributed by atoms with van der Waals surface area (Å²) in [5, 5.41) is 14.2. The van der Waals surface area contributed by atoms with Crippen LogP contribution < -0.4 is 0 Å². The Morgan fingerprint density at radius 3 is 2.80 bits per heavy atom. The molecule has 1 heterocycles. The molecule has 0 bridgehead atoms. The van der Waals surface area contributed by atoms with Gasteiger partial charge in [-0.05, 0) is 25.7 Å². The molecule has 1 rings (SSSR count). The predicted molar refractivity (Wildman–Crippen MR) is 65.4 cm³/mol. The van der Waals surface area contributed by atoms with Gasteiger partial charge in [0.25, 0.3) is 0 Å². The molecule has 0 aliphatic rings. The Morgan fingerprint density at radius 2 is 2.27 bits per heavy atom. The van der Waals surface area contributed by atoms with Crippen LogP contribution in [0.2, 0.25) is 0 Å². The van der Waals surface area contributed by atoms with Gasteiger partial charge in [-0.3, -0.25) is 4.68 Å². The second-order valence-corrected chi connectivity index (χ2v) is 4.52. The van der Waals surface area contributed by atoms with Crippen LogP contribution in [0.5, 0.6) is 0 Å². The van der Waals surface area contributed by atoms with Crippen molar-refractivity contribution in [3.8, 4) is 0 Å². The molecule has 1 atom stereocenters. The second kappa shape index (κ2) is 6.18. The molecule has 0 aliphatic carbocycles. The first kappa shape index (κ1) is 12.6. The van der Waals surface area contributed by atoms with Crippen LogP contribution in [-0.4, -0.2) is 33.0 Å². The first-order valence-corrected chi connectivity index (χ1v) is 6.83. The largest absolute Gasteiger partial charge is 0.392 e. The monoisotopic (exact) mass is 228 g/mol. The molecule has 0 spiro atoms. The molecule has 3 nitrogen and oxygen atoms in total. The third-order valence-corrected chi connectivity index (χ3v) is 3.10. The third-order valence-electron chi connectivity index (χ3n) is 2.38. The molecule has 0 saturated carbocycles. The topological polar surface area (TPSA) is 38.0 Å². The van der Waals surface area contributed by atoms with Gasteiger partial charge in [-0.2, -0.15) is 16.9 Å². The molecular weight excluding hydrogens is 208 g/mol. The summed E-state index contributed by atoms with van der Waals surface area (Å²) < 4.78 is 1.99. The van der Waals surface area contributed by atoms with Crippen LogP contribution in [0.25, 0.3) is 0 Å². The average Bonchev–Trinajstić information content (AvgIpc) is 2.60. The Morgan fingerprint density at radius 1 is 1.53 bits per heavy atom. The highest BCUT2D eigenvalue weighted by atomic mass is 32.2. The Balaban J connectivity index is 2.69. The molecular formula is C11H20N2OS. The van der Waals surface area contributed by atoms with Crippen molar-refractivity contribution in [1.29, 1.82) is 0 Å². The third kappa shape index (κ3) is 3.54. The van der Waals surface area contributed by atoms with E-state index in [4.69, 9.17) is 0 Å². The summed E-state index contributed by atoms with van der Waals surface area (Å²) in [6.45, 7) is 5.06. The van der Waals surface area contributed by atoms with E-state index >= 15 is 0 Å². The summed E-state index contributed by atoms with van der Waals surface area (Å²) in [4.78, 5) is 0. The summed E-state index contributed by atoms with van der Waals surface area (Å²) in [5.74, 6) is 0.788. The van der Waals surface area contributed by atoms with Crippen molar-refractivity contribution in [3.63, 3.8) is 0 Å². The van der Waals surface area contributed by atoms with Gasteiger partial charge in [0, 0.05) is 24.4 Å². The standard InChI is InChI=1S/C11H20N2OS/c1-4-9-6-10(13(5-2)12-9)7-11(14)8-15-3/h6,11,14H,4-5,7-8H2,1-3H3. The fourth-order valence-corrected chi connectivity index (χ4v) is 2.12. The number of aryl methyl sites for hydroxylation is 2. The Hall–Kier alpha value is -0.480. The van der Waals surface area contributed by atoms with Crippen LogP contribution in [0.1, 0.15) is 25.2 Å². The van der Waals surface area contributed by atoms with Crippen molar-refractivity contribution in [2.24, 2.45) is 0 Å². The van der Waals surface area contributed by atoms with Gasteiger partial charge in [-0.25, -0.2) is 0 Å². The summed E-state index contributed by atoms with van der Waals surface area (Å²) in [6, 6.07) is 2.10. The minimum Gasteiger partial charge on any atom is -0.392 e. The van der Waals surface area contributed by atoms with Crippen LogP contribution in [0.4, 0.5) is 0 Å². The van der Waals surface area contributed by atoms with E-state index in [1.54, 1.807) is 11.8 Å². The van der Waals surface area contributed by atoms with Crippen molar-refractivity contribution in [3.05, 3.63) is 17.5 Å². The van der Waals surface area contributed by atoms with E-state index in [1.807, 2.05) is 10.9 Å². The summed E-state index contributed by atoms with van der Waals surface area (Å²) >= 11 is 1.68.